The summed E-state index contributed by atoms with van der Waals surface area (Å²) in [6.45, 7) is 2.03. The van der Waals surface area contributed by atoms with Gasteiger partial charge in [-0.2, -0.15) is 0 Å². The molecule has 1 atom stereocenters. The van der Waals surface area contributed by atoms with Crippen LogP contribution in [0.25, 0.3) is 11.2 Å². The van der Waals surface area contributed by atoms with Crippen LogP contribution in [0.15, 0.2) is 15.9 Å². The topological polar surface area (TPSA) is 102 Å². The van der Waals surface area contributed by atoms with Crippen molar-refractivity contribution < 1.29 is 9.59 Å². The molecule has 4 heterocycles. The van der Waals surface area contributed by atoms with Crippen molar-refractivity contribution in [2.45, 2.75) is 44.7 Å². The summed E-state index contributed by atoms with van der Waals surface area (Å²) in [6.07, 6.45) is 4.97. The van der Waals surface area contributed by atoms with Crippen molar-refractivity contribution in [2.75, 3.05) is 19.6 Å². The largest absolute Gasteiger partial charge is 0.341 e. The molecule has 2 amide bonds. The Balaban J connectivity index is 1.52. The minimum atomic E-state index is -0.500. The number of rotatable bonds is 4. The van der Waals surface area contributed by atoms with Crippen molar-refractivity contribution in [3.05, 3.63) is 27.2 Å². The molecule has 10 heteroatoms. The van der Waals surface area contributed by atoms with Crippen LogP contribution in [-0.4, -0.2) is 66.0 Å². The van der Waals surface area contributed by atoms with Gasteiger partial charge in [0.15, 0.2) is 11.2 Å². The number of likely N-dealkylation sites (tertiary alicyclic amines) is 2. The summed E-state index contributed by atoms with van der Waals surface area (Å²) in [5.74, 6) is -0.170. The first-order valence-corrected chi connectivity index (χ1v) is 10.1. The van der Waals surface area contributed by atoms with E-state index in [1.807, 2.05) is 4.90 Å². The van der Waals surface area contributed by atoms with Gasteiger partial charge in [0.2, 0.25) is 11.8 Å². The molecule has 0 spiro atoms. The van der Waals surface area contributed by atoms with Crippen molar-refractivity contribution in [3.8, 4) is 0 Å². The van der Waals surface area contributed by atoms with E-state index in [1.165, 1.54) is 10.9 Å². The average Bonchev–Trinajstić information content (AvgIpc) is 3.45. The maximum absolute atomic E-state index is 12.8. The number of aryl methyl sites for hydroxylation is 2. The first-order valence-electron chi connectivity index (χ1n) is 10.1. The minimum absolute atomic E-state index is 0.00227. The van der Waals surface area contributed by atoms with Crippen molar-refractivity contribution >= 4 is 23.0 Å². The lowest BCUT2D eigenvalue weighted by molar-refractivity contribution is -0.143. The van der Waals surface area contributed by atoms with E-state index in [-0.39, 0.29) is 24.8 Å². The van der Waals surface area contributed by atoms with E-state index in [4.69, 9.17) is 0 Å². The van der Waals surface area contributed by atoms with Crippen molar-refractivity contribution in [1.82, 2.24) is 28.5 Å². The Morgan fingerprint density at radius 3 is 2.55 bits per heavy atom. The van der Waals surface area contributed by atoms with Crippen molar-refractivity contribution in [2.24, 2.45) is 14.1 Å². The van der Waals surface area contributed by atoms with Crippen LogP contribution in [-0.2, 0) is 30.2 Å². The molecule has 2 aliphatic heterocycles. The highest BCUT2D eigenvalue weighted by Gasteiger charge is 2.37. The fourth-order valence-corrected chi connectivity index (χ4v) is 4.41. The predicted octanol–water partition coefficient (Wildman–Crippen LogP) is -0.563. The van der Waals surface area contributed by atoms with Gasteiger partial charge in [-0.3, -0.25) is 23.5 Å². The van der Waals surface area contributed by atoms with Crippen LogP contribution in [0.1, 0.15) is 32.1 Å². The fourth-order valence-electron chi connectivity index (χ4n) is 4.41. The molecule has 0 aromatic carbocycles. The van der Waals surface area contributed by atoms with Gasteiger partial charge in [-0.1, -0.05) is 0 Å². The Bertz CT molecular complexity index is 1070. The highest BCUT2D eigenvalue weighted by Crippen LogP contribution is 2.22. The van der Waals surface area contributed by atoms with Crippen LogP contribution < -0.4 is 11.2 Å². The van der Waals surface area contributed by atoms with E-state index in [0.717, 1.165) is 36.9 Å². The van der Waals surface area contributed by atoms with Crippen LogP contribution in [0.2, 0.25) is 0 Å². The molecule has 2 fully saturated rings. The van der Waals surface area contributed by atoms with E-state index in [1.54, 1.807) is 23.6 Å². The molecule has 29 heavy (non-hydrogen) atoms. The number of imidazole rings is 1. The van der Waals surface area contributed by atoms with Gasteiger partial charge in [0, 0.05) is 46.7 Å². The monoisotopic (exact) mass is 402 g/mol. The van der Waals surface area contributed by atoms with E-state index in [9.17, 15) is 19.2 Å². The van der Waals surface area contributed by atoms with Crippen LogP contribution in [0.4, 0.5) is 0 Å². The molecule has 10 nitrogen and oxygen atoms in total. The van der Waals surface area contributed by atoms with Crippen LogP contribution in [0.5, 0.6) is 0 Å². The van der Waals surface area contributed by atoms with Gasteiger partial charge in [0.25, 0.3) is 5.56 Å². The number of carbonyl (C=O) groups excluding carboxylic acids is 2. The Morgan fingerprint density at radius 1 is 1.10 bits per heavy atom. The van der Waals surface area contributed by atoms with Crippen molar-refractivity contribution in [1.29, 1.82) is 0 Å². The molecule has 0 aliphatic carbocycles. The number of nitrogens with zero attached hydrogens (tertiary/aromatic N) is 6. The van der Waals surface area contributed by atoms with Gasteiger partial charge in [-0.05, 0) is 25.7 Å². The van der Waals surface area contributed by atoms with Crippen molar-refractivity contribution in [3.63, 3.8) is 0 Å². The number of hydrogen-bond acceptors (Lipinski definition) is 5. The van der Waals surface area contributed by atoms with E-state index < -0.39 is 17.3 Å². The van der Waals surface area contributed by atoms with Gasteiger partial charge in [0.1, 0.15) is 6.04 Å². The van der Waals surface area contributed by atoms with E-state index in [2.05, 4.69) is 4.98 Å². The van der Waals surface area contributed by atoms with Gasteiger partial charge >= 0.3 is 5.69 Å². The van der Waals surface area contributed by atoms with Gasteiger partial charge < -0.3 is 14.4 Å². The Labute approximate surface area is 167 Å². The summed E-state index contributed by atoms with van der Waals surface area (Å²) in [4.78, 5) is 58.5. The maximum Gasteiger partial charge on any atom is 0.332 e. The zero-order chi connectivity index (χ0) is 20.7. The second-order valence-electron chi connectivity index (χ2n) is 7.85. The quantitative estimate of drug-likeness (QED) is 0.682. The number of carbonyl (C=O) groups is 2. The van der Waals surface area contributed by atoms with Crippen LogP contribution >= 0.6 is 0 Å². The molecule has 0 bridgehead atoms. The lowest BCUT2D eigenvalue weighted by Gasteiger charge is -2.28. The molecule has 2 aliphatic rings. The highest BCUT2D eigenvalue weighted by molar-refractivity contribution is 5.88. The molecule has 2 aromatic rings. The summed E-state index contributed by atoms with van der Waals surface area (Å²) in [5, 5.41) is 0. The molecule has 0 N–H and O–H groups in total. The smallest absolute Gasteiger partial charge is 0.332 e. The zero-order valence-electron chi connectivity index (χ0n) is 16.8. The fraction of sp³-hybridized carbons (Fsp3) is 0.632. The minimum Gasteiger partial charge on any atom is -0.341 e. The Hall–Kier alpha value is -2.91. The number of aromatic nitrogens is 4. The van der Waals surface area contributed by atoms with Gasteiger partial charge in [0.05, 0.1) is 6.33 Å². The lowest BCUT2D eigenvalue weighted by atomic mass is 10.2. The molecule has 4 rings (SSSR count). The molecule has 2 saturated heterocycles. The molecule has 0 radical (unpaired) electrons. The molecule has 156 valence electrons. The van der Waals surface area contributed by atoms with Crippen LogP contribution in [0, 0.1) is 0 Å². The third-order valence-electron chi connectivity index (χ3n) is 6.03. The molecule has 2 aromatic heterocycles. The number of fused-ring (bicyclic) bond motifs is 1. The highest BCUT2D eigenvalue weighted by atomic mass is 16.2. The normalized spacial score (nSPS) is 19.4. The summed E-state index contributed by atoms with van der Waals surface area (Å²) in [5.41, 5.74) is -0.314. The van der Waals surface area contributed by atoms with E-state index in [0.29, 0.717) is 24.1 Å². The number of amides is 2. The maximum atomic E-state index is 12.8. The molecular formula is C19H26N6O4. The third kappa shape index (κ3) is 3.26. The molecular weight excluding hydrogens is 376 g/mol. The predicted molar refractivity (Wildman–Crippen MR) is 105 cm³/mol. The number of hydrogen-bond donors (Lipinski definition) is 0. The first kappa shape index (κ1) is 19.4. The Kier molecular flexibility index (Phi) is 5.01. The SMILES string of the molecule is Cn1cnc2c1c(=O)n(CCC(=O)N1CCC[C@H]1C(=O)N1CCCC1)c(=O)n2C. The summed E-state index contributed by atoms with van der Waals surface area (Å²) in [6, 6.07) is -0.417. The van der Waals surface area contributed by atoms with Gasteiger partial charge in [-0.15, -0.1) is 0 Å². The lowest BCUT2D eigenvalue weighted by Crippen LogP contribution is -2.47. The second-order valence-corrected chi connectivity index (χ2v) is 7.85. The van der Waals surface area contributed by atoms with Crippen LogP contribution in [0.3, 0.4) is 0 Å². The summed E-state index contributed by atoms with van der Waals surface area (Å²) in [7, 11) is 3.25. The molecule has 0 saturated carbocycles. The van der Waals surface area contributed by atoms with Gasteiger partial charge in [-0.25, -0.2) is 9.78 Å². The third-order valence-corrected chi connectivity index (χ3v) is 6.03. The standard InChI is InChI=1S/C19H26N6O4/c1-21-12-20-16-15(21)18(28)25(19(29)22(16)2)11-7-14(26)24-10-5-6-13(24)17(27)23-8-3-4-9-23/h12-13H,3-11H2,1-2H3/t13-/m0/s1. The first-order chi connectivity index (χ1) is 13.9. The van der Waals surface area contributed by atoms with E-state index >= 15 is 0 Å². The second kappa shape index (κ2) is 7.49. The summed E-state index contributed by atoms with van der Waals surface area (Å²) >= 11 is 0. The average molecular weight is 402 g/mol. The Morgan fingerprint density at radius 2 is 1.83 bits per heavy atom. The molecule has 0 unspecified atom stereocenters. The zero-order valence-corrected chi connectivity index (χ0v) is 16.8. The summed E-state index contributed by atoms with van der Waals surface area (Å²) < 4.78 is 3.96.